The molecule has 1 aromatic carbocycles. The molecule has 4 heteroatoms. The minimum absolute atomic E-state index is 0.390. The molecule has 98 valence electrons. The van der Waals surface area contributed by atoms with Gasteiger partial charge in [-0.25, -0.2) is 0 Å². The molecular formula is C14H20N2O2. The van der Waals surface area contributed by atoms with Crippen molar-refractivity contribution in [3.05, 3.63) is 41.6 Å². The lowest BCUT2D eigenvalue weighted by Crippen LogP contribution is -2.22. The zero-order valence-corrected chi connectivity index (χ0v) is 11.1. The summed E-state index contributed by atoms with van der Waals surface area (Å²) in [6.07, 6.45) is 0.649. The van der Waals surface area contributed by atoms with Crippen molar-refractivity contribution in [1.29, 1.82) is 0 Å². The van der Waals surface area contributed by atoms with Crippen LogP contribution < -0.4 is 10.5 Å². The molecule has 0 radical (unpaired) electrons. The van der Waals surface area contributed by atoms with Crippen LogP contribution in [0.1, 0.15) is 13.3 Å². The lowest BCUT2D eigenvalue weighted by atomic mass is 10.1. The average Bonchev–Trinajstić information content (AvgIpc) is 2.34. The fraction of sp³-hybridized carbons (Fsp3) is 0.357. The van der Waals surface area contributed by atoms with Gasteiger partial charge in [0.05, 0.1) is 6.61 Å². The summed E-state index contributed by atoms with van der Waals surface area (Å²) in [4.78, 5) is 13.1. The third kappa shape index (κ3) is 4.13. The summed E-state index contributed by atoms with van der Waals surface area (Å²) in [5.41, 5.74) is 6.77. The van der Waals surface area contributed by atoms with E-state index in [2.05, 4.69) is 0 Å². The van der Waals surface area contributed by atoms with E-state index in [4.69, 9.17) is 10.5 Å². The number of nitrogens with zero attached hydrogens (tertiary/aromatic N) is 1. The van der Waals surface area contributed by atoms with Crippen molar-refractivity contribution in [3.8, 4) is 5.75 Å². The summed E-state index contributed by atoms with van der Waals surface area (Å²) in [6.45, 7) is 2.25. The number of benzene rings is 1. The van der Waals surface area contributed by atoms with Gasteiger partial charge >= 0.3 is 0 Å². The maximum absolute atomic E-state index is 11.2. The third-order valence-electron chi connectivity index (χ3n) is 2.69. The molecule has 0 spiro atoms. The molecule has 2 N–H and O–H groups in total. The first-order valence-corrected chi connectivity index (χ1v) is 5.87. The van der Waals surface area contributed by atoms with Crippen molar-refractivity contribution >= 4 is 5.91 Å². The second-order valence-corrected chi connectivity index (χ2v) is 4.24. The molecule has 0 aromatic heterocycles. The van der Waals surface area contributed by atoms with E-state index in [1.54, 1.807) is 6.92 Å². The summed E-state index contributed by atoms with van der Waals surface area (Å²) in [7, 11) is 3.79. The topological polar surface area (TPSA) is 55.6 Å². The molecule has 0 heterocycles. The standard InChI is InChI=1S/C14H20N2O2/c1-11(14(15)17)13(16(2)3)9-10-18-12-7-5-4-6-8-12/h4-8H,9-10H2,1-3H3,(H2,15,17). The van der Waals surface area contributed by atoms with E-state index in [1.165, 1.54) is 0 Å². The molecule has 0 saturated carbocycles. The van der Waals surface area contributed by atoms with Crippen LogP contribution in [0.5, 0.6) is 5.75 Å². The number of rotatable bonds is 6. The van der Waals surface area contributed by atoms with Crippen molar-refractivity contribution in [3.63, 3.8) is 0 Å². The summed E-state index contributed by atoms with van der Waals surface area (Å²) >= 11 is 0. The number of para-hydroxylation sites is 1. The fourth-order valence-corrected chi connectivity index (χ4v) is 1.67. The van der Waals surface area contributed by atoms with Gasteiger partial charge in [0.15, 0.2) is 0 Å². The number of hydrogen-bond acceptors (Lipinski definition) is 3. The van der Waals surface area contributed by atoms with Gasteiger partial charge in [-0.15, -0.1) is 0 Å². The first kappa shape index (κ1) is 14.1. The Labute approximate surface area is 108 Å². The molecule has 0 atom stereocenters. The highest BCUT2D eigenvalue weighted by atomic mass is 16.5. The van der Waals surface area contributed by atoms with Crippen LogP contribution in [0.25, 0.3) is 0 Å². The van der Waals surface area contributed by atoms with Crippen molar-refractivity contribution in [2.75, 3.05) is 20.7 Å². The second kappa shape index (κ2) is 6.69. The Morgan fingerprint density at radius 3 is 2.39 bits per heavy atom. The molecule has 1 rings (SSSR count). The molecule has 0 aliphatic heterocycles. The molecule has 18 heavy (non-hydrogen) atoms. The van der Waals surface area contributed by atoms with Gasteiger partial charge in [0.25, 0.3) is 0 Å². The van der Waals surface area contributed by atoms with Gasteiger partial charge in [-0.2, -0.15) is 0 Å². The predicted molar refractivity (Wildman–Crippen MR) is 72.1 cm³/mol. The maximum atomic E-state index is 11.2. The Hall–Kier alpha value is -1.97. The summed E-state index contributed by atoms with van der Waals surface area (Å²) in [6, 6.07) is 9.59. The summed E-state index contributed by atoms with van der Waals surface area (Å²) in [5.74, 6) is 0.436. The van der Waals surface area contributed by atoms with Crippen molar-refractivity contribution in [2.45, 2.75) is 13.3 Å². The molecular weight excluding hydrogens is 228 g/mol. The van der Waals surface area contributed by atoms with E-state index in [0.717, 1.165) is 11.4 Å². The van der Waals surface area contributed by atoms with Crippen LogP contribution in [0.3, 0.4) is 0 Å². The van der Waals surface area contributed by atoms with Crippen molar-refractivity contribution in [1.82, 2.24) is 4.90 Å². The van der Waals surface area contributed by atoms with Crippen LogP contribution in [-0.2, 0) is 4.79 Å². The largest absolute Gasteiger partial charge is 0.493 e. The molecule has 0 bridgehead atoms. The highest BCUT2D eigenvalue weighted by molar-refractivity contribution is 5.91. The van der Waals surface area contributed by atoms with Crippen molar-refractivity contribution in [2.24, 2.45) is 5.73 Å². The summed E-state index contributed by atoms with van der Waals surface area (Å²) in [5, 5.41) is 0. The van der Waals surface area contributed by atoms with E-state index < -0.39 is 5.91 Å². The minimum atomic E-state index is -0.390. The number of carbonyl (C=O) groups is 1. The van der Waals surface area contributed by atoms with Crippen molar-refractivity contribution < 1.29 is 9.53 Å². The van der Waals surface area contributed by atoms with Gasteiger partial charge in [0.1, 0.15) is 5.75 Å². The predicted octanol–water partition coefficient (Wildman–Crippen LogP) is 1.78. The minimum Gasteiger partial charge on any atom is -0.493 e. The van der Waals surface area contributed by atoms with Gasteiger partial charge in [-0.3, -0.25) is 4.79 Å². The number of primary amides is 1. The van der Waals surface area contributed by atoms with Gasteiger partial charge < -0.3 is 15.4 Å². The van der Waals surface area contributed by atoms with E-state index in [0.29, 0.717) is 18.6 Å². The Morgan fingerprint density at radius 2 is 1.89 bits per heavy atom. The number of hydrogen-bond donors (Lipinski definition) is 1. The van der Waals surface area contributed by atoms with Crippen LogP contribution >= 0.6 is 0 Å². The number of carbonyl (C=O) groups excluding carboxylic acids is 1. The lowest BCUT2D eigenvalue weighted by molar-refractivity contribution is -0.114. The quantitative estimate of drug-likeness (QED) is 0.781. The average molecular weight is 248 g/mol. The Bertz CT molecular complexity index is 425. The molecule has 4 nitrogen and oxygen atoms in total. The number of nitrogens with two attached hydrogens (primary N) is 1. The normalized spacial score (nSPS) is 11.7. The van der Waals surface area contributed by atoms with E-state index in [1.807, 2.05) is 49.3 Å². The first-order valence-electron chi connectivity index (χ1n) is 5.87. The van der Waals surface area contributed by atoms with Gasteiger partial charge in [-0.05, 0) is 19.1 Å². The number of ether oxygens (including phenoxy) is 1. The molecule has 0 aliphatic carbocycles. The maximum Gasteiger partial charge on any atom is 0.246 e. The first-order chi connectivity index (χ1) is 8.52. The fourth-order valence-electron chi connectivity index (χ4n) is 1.67. The molecule has 0 unspecified atom stereocenters. The zero-order valence-electron chi connectivity index (χ0n) is 11.1. The van der Waals surface area contributed by atoms with Crippen LogP contribution in [0, 0.1) is 0 Å². The SMILES string of the molecule is CC(C(N)=O)=C(CCOc1ccccc1)N(C)C. The molecule has 0 fully saturated rings. The lowest BCUT2D eigenvalue weighted by Gasteiger charge is -2.19. The Balaban J connectivity index is 2.60. The van der Waals surface area contributed by atoms with Gasteiger partial charge in [0.2, 0.25) is 5.91 Å². The second-order valence-electron chi connectivity index (χ2n) is 4.24. The molecule has 1 amide bonds. The molecule has 0 aliphatic rings. The smallest absolute Gasteiger partial charge is 0.246 e. The monoisotopic (exact) mass is 248 g/mol. The number of amides is 1. The van der Waals surface area contributed by atoms with E-state index in [-0.39, 0.29) is 0 Å². The van der Waals surface area contributed by atoms with E-state index >= 15 is 0 Å². The third-order valence-corrected chi connectivity index (χ3v) is 2.69. The van der Waals surface area contributed by atoms with Crippen LogP contribution in [-0.4, -0.2) is 31.5 Å². The molecule has 1 aromatic rings. The highest BCUT2D eigenvalue weighted by Crippen LogP contribution is 2.14. The Morgan fingerprint density at radius 1 is 1.28 bits per heavy atom. The van der Waals surface area contributed by atoms with Crippen LogP contribution in [0.15, 0.2) is 41.6 Å². The zero-order chi connectivity index (χ0) is 13.5. The summed E-state index contributed by atoms with van der Waals surface area (Å²) < 4.78 is 5.60. The van der Waals surface area contributed by atoms with Crippen LogP contribution in [0.4, 0.5) is 0 Å². The van der Waals surface area contributed by atoms with Gasteiger partial charge in [0, 0.05) is 31.8 Å². The van der Waals surface area contributed by atoms with E-state index in [9.17, 15) is 4.79 Å². The van der Waals surface area contributed by atoms with Crippen LogP contribution in [0.2, 0.25) is 0 Å². The molecule has 0 saturated heterocycles. The van der Waals surface area contributed by atoms with Gasteiger partial charge in [-0.1, -0.05) is 18.2 Å². The highest BCUT2D eigenvalue weighted by Gasteiger charge is 2.09. The Kier molecular flexibility index (Phi) is 5.24.